The number of aromatic nitrogens is 8. The molecule has 3 aliphatic heterocycles. The van der Waals surface area contributed by atoms with Gasteiger partial charge in [0.15, 0.2) is 17.0 Å². The van der Waals surface area contributed by atoms with E-state index in [2.05, 4.69) is 25.3 Å². The van der Waals surface area contributed by atoms with Crippen molar-refractivity contribution in [3.8, 4) is 11.3 Å². The standard InChI is InChI=1S/C91H135N11O24/c1-59-19-13-11-14-20-60(2)76(112-8)54-70-26-23-65(7)91(111,126-70)85(108)88(109)100-31-18-16-22-73(100)89(110)124-77(55-74(104)61(3)50-64(6)83(107)84(114-10)82(106)63(5)49-59)62(4)51-66-24-27-72(78(52-66)113-9)102-56-68(97-99-102)57-122-46-45-120-42-41-118-38-36-116-34-30-79(105)123-48-47-121-44-43-119-40-39-117-37-35-115-33-29-69(103)21-15-12-17-32-101-87-80(86(92)94-58-95-87)81(98-101)67-25-28-75-71(53-67)96-90(93)125-75/h11,13-14,19-20,25,28,50,53,56,58-59,61-63,65-66,70,72-73,76-78,83-84,107,111H,12,15-18,21-24,26-27,29-49,51-52,54-55,57H2,1-10H3,(H2,93,96)(H2,92,94,95)/b14-11+,19-13+,60-20+,64-50+/t59-,61-,62-,63-,65-,66+,70+,72+,73+,76+,77+,78-,83-,84+,91-/m1/s1. The largest absolute Gasteiger partial charge is 0.463 e. The van der Waals surface area contributed by atoms with Gasteiger partial charge in [-0.15, -0.1) is 5.10 Å². The predicted octanol–water partition coefficient (Wildman–Crippen LogP) is 9.55. The van der Waals surface area contributed by atoms with Gasteiger partial charge in [-0.3, -0.25) is 28.8 Å². The maximum atomic E-state index is 14.8. The Hall–Kier alpha value is -8.53. The first-order chi connectivity index (χ1) is 60.8. The molecule has 35 nitrogen and oxygen atoms in total. The number of benzene rings is 1. The number of Topliss-reactive ketones (excluding diaryl/α,β-unsaturated/α-hetero) is 4. The van der Waals surface area contributed by atoms with Gasteiger partial charge < -0.3 is 97.3 Å². The fourth-order valence-corrected chi connectivity index (χ4v) is 16.6. The van der Waals surface area contributed by atoms with Crippen LogP contribution in [0.15, 0.2) is 82.7 Å². The molecule has 1 amide bonds. The molecule has 1 saturated carbocycles. The Morgan fingerprint density at radius 1 is 0.714 bits per heavy atom. The van der Waals surface area contributed by atoms with Crippen molar-refractivity contribution in [2.24, 2.45) is 35.5 Å². The topological polar surface area (TPSA) is 445 Å². The molecule has 6 N–H and O–H groups in total. The highest BCUT2D eigenvalue weighted by molar-refractivity contribution is 6.39. The summed E-state index contributed by atoms with van der Waals surface area (Å²) in [5, 5.41) is 38.2. The van der Waals surface area contributed by atoms with Gasteiger partial charge in [0, 0.05) is 83.4 Å². The summed E-state index contributed by atoms with van der Waals surface area (Å²) >= 11 is 0. The lowest BCUT2D eigenvalue weighted by Crippen LogP contribution is -2.61. The number of esters is 2. The van der Waals surface area contributed by atoms with Gasteiger partial charge in [-0.05, 0) is 138 Å². The van der Waals surface area contributed by atoms with Crippen molar-refractivity contribution in [1.29, 1.82) is 0 Å². The van der Waals surface area contributed by atoms with Gasteiger partial charge in [0.25, 0.3) is 17.7 Å². The number of anilines is 2. The lowest BCUT2D eigenvalue weighted by Gasteiger charge is -2.42. The summed E-state index contributed by atoms with van der Waals surface area (Å²) in [4.78, 5) is 111. The van der Waals surface area contributed by atoms with Crippen LogP contribution in [0.4, 0.5) is 11.8 Å². The molecule has 35 heteroatoms. The number of ether oxygens (including phenoxy) is 14. The van der Waals surface area contributed by atoms with Crippen LogP contribution in [0, 0.1) is 35.5 Å². The van der Waals surface area contributed by atoms with Crippen molar-refractivity contribution in [1.82, 2.24) is 44.6 Å². The van der Waals surface area contributed by atoms with E-state index in [0.717, 1.165) is 36.8 Å². The smallest absolute Gasteiger partial charge is 0.329 e. The summed E-state index contributed by atoms with van der Waals surface area (Å²) in [6.07, 6.45) is 18.0. The fourth-order valence-electron chi connectivity index (χ4n) is 16.6. The summed E-state index contributed by atoms with van der Waals surface area (Å²) in [7, 11) is 4.60. The number of hydrogen-bond acceptors (Lipinski definition) is 32. The molecule has 7 heterocycles. The molecule has 5 aromatic rings. The van der Waals surface area contributed by atoms with Gasteiger partial charge in [-0.2, -0.15) is 10.1 Å². The van der Waals surface area contributed by atoms with Crippen LogP contribution in [0.3, 0.4) is 0 Å². The number of nitrogen functional groups attached to an aromatic ring is 2. The second kappa shape index (κ2) is 52.8. The van der Waals surface area contributed by atoms with Gasteiger partial charge in [-0.1, -0.05) is 82.7 Å². The predicted molar refractivity (Wildman–Crippen MR) is 464 cm³/mol. The van der Waals surface area contributed by atoms with E-state index >= 15 is 0 Å². The monoisotopic (exact) mass is 1770 g/mol. The van der Waals surface area contributed by atoms with Gasteiger partial charge >= 0.3 is 11.9 Å². The van der Waals surface area contributed by atoms with Crippen LogP contribution in [0.1, 0.15) is 176 Å². The average molecular weight is 1770 g/mol. The average Bonchev–Trinajstić information content (AvgIpc) is 1.63. The number of unbranched alkanes of at least 4 members (excludes halogenated alkanes) is 2. The Kier molecular flexibility index (Phi) is 42.4. The SMILES string of the molecule is CO[C@H]1C[C@@H]2CC[C@@H](C)[C@@](O)(O2)C(=O)C(=O)N2CCCC[C@H]2C(=O)O[C@H]([C@H](C)C[C@@H]2CC[C@H](n3cc(COCCOCCOCCOCCC(=O)OCCOCCOCCOCCOCCC(=O)CCCCCn4nc(-c5ccc6oc(N)nc6c5)c5c(N)ncnc54)nn3)[C@H](OC)C2)CC(=O)[C@H](C)/C=C(\C)[C@@H](O)[C@@H](OC)C(=O)[C@H](C)C[C@H](C)/C=C/C=C/C=C/1C. The zero-order chi connectivity index (χ0) is 90.5. The molecule has 126 heavy (non-hydrogen) atoms. The number of oxazole rings is 1. The lowest BCUT2D eigenvalue weighted by molar-refractivity contribution is -0.265. The first kappa shape index (κ1) is 101. The van der Waals surface area contributed by atoms with Crippen LogP contribution in [0.2, 0.25) is 0 Å². The molecule has 4 aromatic heterocycles. The number of allylic oxidation sites excluding steroid dienone is 6. The molecule has 3 fully saturated rings. The minimum Gasteiger partial charge on any atom is -0.463 e. The number of carbonyl (C=O) groups excluding carboxylic acids is 7. The number of aliphatic hydroxyl groups excluding tert-OH is 1. The van der Waals surface area contributed by atoms with E-state index in [1.165, 1.54) is 18.3 Å². The number of ketones is 4. The zero-order valence-corrected chi connectivity index (χ0v) is 75.2. The molecule has 9 rings (SSSR count). The Bertz CT molecular complexity index is 4370. The third kappa shape index (κ3) is 30.8. The van der Waals surface area contributed by atoms with Gasteiger partial charge in [-0.25, -0.2) is 24.1 Å². The minimum atomic E-state index is -2.47. The Morgan fingerprint density at radius 2 is 1.40 bits per heavy atom. The summed E-state index contributed by atoms with van der Waals surface area (Å²) in [6.45, 7) is 18.4. The third-order valence-corrected chi connectivity index (χ3v) is 23.9. The van der Waals surface area contributed by atoms with Crippen molar-refractivity contribution in [2.45, 2.75) is 232 Å². The van der Waals surface area contributed by atoms with Crippen LogP contribution in [0.5, 0.6) is 0 Å². The van der Waals surface area contributed by atoms with E-state index in [1.807, 2.05) is 85.8 Å². The molecule has 0 unspecified atom stereocenters. The Morgan fingerprint density at radius 3 is 2.09 bits per heavy atom. The molecule has 2 bridgehead atoms. The van der Waals surface area contributed by atoms with Crippen LogP contribution < -0.4 is 11.5 Å². The number of aliphatic hydroxyl groups is 2. The molecule has 15 atom stereocenters. The fraction of sp³-hybridized carbons (Fsp3) is 0.681. The van der Waals surface area contributed by atoms with Gasteiger partial charge in [0.05, 0.1) is 148 Å². The molecule has 1 aliphatic carbocycles. The van der Waals surface area contributed by atoms with Crippen LogP contribution in [0.25, 0.3) is 33.4 Å². The Balaban J connectivity index is 0.603. The molecule has 698 valence electrons. The third-order valence-electron chi connectivity index (χ3n) is 23.9. The lowest BCUT2D eigenvalue weighted by atomic mass is 9.77. The number of hydrogen-bond donors (Lipinski definition) is 4. The summed E-state index contributed by atoms with van der Waals surface area (Å²) in [6, 6.07) is 4.24. The van der Waals surface area contributed by atoms with E-state index < -0.39 is 89.6 Å². The second-order valence-electron chi connectivity index (χ2n) is 33.5. The number of carbonyl (C=O) groups is 7. The minimum absolute atomic E-state index is 0.0137. The van der Waals surface area contributed by atoms with E-state index in [-0.39, 0.29) is 106 Å². The van der Waals surface area contributed by atoms with E-state index in [9.17, 15) is 43.8 Å². The van der Waals surface area contributed by atoms with Crippen molar-refractivity contribution < 1.29 is 115 Å². The maximum absolute atomic E-state index is 14.8. The maximum Gasteiger partial charge on any atom is 0.329 e. The molecular weight excluding hydrogens is 1630 g/mol. The number of aryl methyl sites for hydroxylation is 1. The molecular formula is C91H135N11O24. The number of nitrogens with zero attached hydrogens (tertiary/aromatic N) is 9. The molecule has 4 aliphatic rings. The van der Waals surface area contributed by atoms with E-state index in [4.69, 9.17) is 87.3 Å². The molecule has 2 saturated heterocycles. The second-order valence-corrected chi connectivity index (χ2v) is 33.5. The van der Waals surface area contributed by atoms with Gasteiger partial charge in [0.2, 0.25) is 5.79 Å². The van der Waals surface area contributed by atoms with Crippen molar-refractivity contribution in [3.05, 3.63) is 84.0 Å². The molecule has 1 aromatic carbocycles. The van der Waals surface area contributed by atoms with Crippen molar-refractivity contribution >= 4 is 74.9 Å². The highest BCUT2D eigenvalue weighted by Crippen LogP contribution is 2.41. The van der Waals surface area contributed by atoms with Crippen LogP contribution in [-0.4, -0.2) is 278 Å². The number of piperidine rings is 1. The number of methoxy groups -OCH3 is 3. The number of amides is 1. The van der Waals surface area contributed by atoms with Crippen LogP contribution >= 0.6 is 0 Å². The first-order valence-electron chi connectivity index (χ1n) is 44.6. The zero-order valence-electron chi connectivity index (χ0n) is 75.2. The summed E-state index contributed by atoms with van der Waals surface area (Å²) in [5.74, 6) is -8.33. The van der Waals surface area contributed by atoms with E-state index in [0.29, 0.717) is 202 Å². The van der Waals surface area contributed by atoms with Crippen molar-refractivity contribution in [2.75, 3.05) is 145 Å². The van der Waals surface area contributed by atoms with Gasteiger partial charge in [0.1, 0.15) is 71.6 Å². The number of cyclic esters (lactones) is 1. The summed E-state index contributed by atoms with van der Waals surface area (Å²) < 4.78 is 89.6. The number of nitrogens with two attached hydrogens (primary N) is 2. The normalized spacial score (nSPS) is 26.6. The Labute approximate surface area is 738 Å². The molecule has 0 spiro atoms. The van der Waals surface area contributed by atoms with E-state index in [1.54, 1.807) is 47.1 Å². The highest BCUT2D eigenvalue weighted by atomic mass is 16.6. The molecule has 0 radical (unpaired) electrons. The first-order valence-corrected chi connectivity index (χ1v) is 44.6. The number of rotatable bonds is 43. The van der Waals surface area contributed by atoms with Crippen molar-refractivity contribution in [3.63, 3.8) is 0 Å². The number of fused-ring (bicyclic) bond motifs is 5. The van der Waals surface area contributed by atoms with Crippen LogP contribution in [-0.2, 0) is 113 Å². The highest BCUT2D eigenvalue weighted by Gasteiger charge is 2.53. The quantitative estimate of drug-likeness (QED) is 0.0122. The summed E-state index contributed by atoms with van der Waals surface area (Å²) in [5.41, 5.74) is 17.1.